The maximum Gasteiger partial charge on any atom is 0.314 e. The number of carbonyl (C=O) groups is 1. The maximum atomic E-state index is 12.4. The number of hydrogen-bond donors (Lipinski definition) is 0. The molecule has 1 heterocycles. The minimum atomic E-state index is -0.472. The van der Waals surface area contributed by atoms with Crippen molar-refractivity contribution < 1.29 is 14.3 Å². The van der Waals surface area contributed by atoms with E-state index in [1.165, 1.54) is 7.11 Å². The van der Waals surface area contributed by atoms with Crippen LogP contribution in [0.15, 0.2) is 0 Å². The second-order valence-corrected chi connectivity index (χ2v) is 8.36. The molecule has 0 aromatic carbocycles. The van der Waals surface area contributed by atoms with Gasteiger partial charge < -0.3 is 9.47 Å². The van der Waals surface area contributed by atoms with E-state index in [-0.39, 0.29) is 22.7 Å². The molecule has 3 nitrogen and oxygen atoms in total. The van der Waals surface area contributed by atoms with Crippen LogP contribution in [0.2, 0.25) is 0 Å². The van der Waals surface area contributed by atoms with Gasteiger partial charge in [0.1, 0.15) is 0 Å². The lowest BCUT2D eigenvalue weighted by Crippen LogP contribution is -2.43. The van der Waals surface area contributed by atoms with E-state index in [2.05, 4.69) is 41.5 Å². The van der Waals surface area contributed by atoms with Crippen LogP contribution in [0, 0.1) is 22.2 Å². The summed E-state index contributed by atoms with van der Waals surface area (Å²) < 4.78 is 10.8. The predicted molar refractivity (Wildman–Crippen MR) is 76.9 cm³/mol. The van der Waals surface area contributed by atoms with Crippen LogP contribution in [0.1, 0.15) is 54.4 Å². The van der Waals surface area contributed by atoms with Gasteiger partial charge in [0.15, 0.2) is 0 Å². The Morgan fingerprint density at radius 2 is 1.79 bits per heavy atom. The Morgan fingerprint density at radius 1 is 1.21 bits per heavy atom. The quantitative estimate of drug-likeness (QED) is 0.734. The highest BCUT2D eigenvalue weighted by Crippen LogP contribution is 2.48. The molecule has 0 N–H and O–H groups in total. The summed E-state index contributed by atoms with van der Waals surface area (Å²) in [4.78, 5) is 12.4. The zero-order valence-electron chi connectivity index (χ0n) is 13.6. The van der Waals surface area contributed by atoms with Gasteiger partial charge >= 0.3 is 5.97 Å². The van der Waals surface area contributed by atoms with Crippen molar-refractivity contribution in [1.29, 1.82) is 0 Å². The lowest BCUT2D eigenvalue weighted by molar-refractivity contribution is -0.158. The Morgan fingerprint density at radius 3 is 2.21 bits per heavy atom. The molecule has 0 aromatic heterocycles. The van der Waals surface area contributed by atoms with E-state index in [1.807, 2.05) is 0 Å². The average Bonchev–Trinajstić information content (AvgIpc) is 2.56. The van der Waals surface area contributed by atoms with E-state index in [4.69, 9.17) is 9.47 Å². The molecular formula is C16H30O3. The molecule has 112 valence electrons. The summed E-state index contributed by atoms with van der Waals surface area (Å²) >= 11 is 0. The highest BCUT2D eigenvalue weighted by molar-refractivity contribution is 5.77. The second-order valence-electron chi connectivity index (χ2n) is 8.36. The van der Waals surface area contributed by atoms with Gasteiger partial charge in [-0.05, 0) is 23.7 Å². The van der Waals surface area contributed by atoms with E-state index < -0.39 is 5.41 Å². The molecule has 1 rings (SSSR count). The van der Waals surface area contributed by atoms with E-state index in [0.717, 1.165) is 12.8 Å². The molecule has 19 heavy (non-hydrogen) atoms. The van der Waals surface area contributed by atoms with Crippen molar-refractivity contribution in [2.24, 2.45) is 22.2 Å². The molecule has 0 spiro atoms. The van der Waals surface area contributed by atoms with Crippen LogP contribution in [0.4, 0.5) is 0 Å². The molecule has 1 aliphatic rings. The summed E-state index contributed by atoms with van der Waals surface area (Å²) in [5.74, 6) is 0.147. The van der Waals surface area contributed by atoms with E-state index >= 15 is 0 Å². The Hall–Kier alpha value is -0.570. The van der Waals surface area contributed by atoms with E-state index in [0.29, 0.717) is 13.2 Å². The topological polar surface area (TPSA) is 35.5 Å². The van der Waals surface area contributed by atoms with Crippen molar-refractivity contribution in [2.45, 2.75) is 54.4 Å². The Labute approximate surface area is 118 Å². The lowest BCUT2D eigenvalue weighted by atomic mass is 9.64. The smallest absolute Gasteiger partial charge is 0.314 e. The number of ether oxygens (including phenoxy) is 2. The maximum absolute atomic E-state index is 12.4. The number of methoxy groups -OCH3 is 1. The molecule has 0 bridgehead atoms. The van der Waals surface area contributed by atoms with Crippen molar-refractivity contribution >= 4 is 5.97 Å². The first kappa shape index (κ1) is 16.5. The third-order valence-corrected chi connectivity index (χ3v) is 3.76. The van der Waals surface area contributed by atoms with Crippen molar-refractivity contribution in [2.75, 3.05) is 20.3 Å². The normalized spacial score (nSPS) is 28.5. The zero-order chi connectivity index (χ0) is 14.9. The second kappa shape index (κ2) is 5.43. The molecule has 0 saturated carbocycles. The molecule has 1 saturated heterocycles. The van der Waals surface area contributed by atoms with Crippen molar-refractivity contribution in [1.82, 2.24) is 0 Å². The monoisotopic (exact) mass is 270 g/mol. The number of carbonyl (C=O) groups excluding carboxylic acids is 1. The highest BCUT2D eigenvalue weighted by Gasteiger charge is 2.53. The van der Waals surface area contributed by atoms with E-state index in [1.54, 1.807) is 0 Å². The van der Waals surface area contributed by atoms with Crippen LogP contribution in [-0.2, 0) is 14.3 Å². The Bertz CT molecular complexity index is 322. The van der Waals surface area contributed by atoms with Crippen molar-refractivity contribution in [3.8, 4) is 0 Å². The summed E-state index contributed by atoms with van der Waals surface area (Å²) in [6.07, 6.45) is 1.80. The molecule has 0 amide bonds. The van der Waals surface area contributed by atoms with Gasteiger partial charge in [0, 0.05) is 5.92 Å². The molecule has 0 aliphatic carbocycles. The minimum Gasteiger partial charge on any atom is -0.469 e. The molecule has 0 radical (unpaired) electrons. The largest absolute Gasteiger partial charge is 0.469 e. The van der Waals surface area contributed by atoms with Crippen LogP contribution in [0.3, 0.4) is 0 Å². The van der Waals surface area contributed by atoms with Gasteiger partial charge in [-0.1, -0.05) is 41.5 Å². The van der Waals surface area contributed by atoms with Crippen molar-refractivity contribution in [3.63, 3.8) is 0 Å². The number of hydrogen-bond acceptors (Lipinski definition) is 3. The fourth-order valence-corrected chi connectivity index (χ4v) is 3.30. The third-order valence-electron chi connectivity index (χ3n) is 3.76. The third kappa shape index (κ3) is 4.20. The number of esters is 1. The molecule has 2 atom stereocenters. The summed E-state index contributed by atoms with van der Waals surface area (Å²) in [5.41, 5.74) is -0.201. The highest BCUT2D eigenvalue weighted by atomic mass is 16.5. The molecule has 2 unspecified atom stereocenters. The summed E-state index contributed by atoms with van der Waals surface area (Å²) in [6, 6.07) is 0. The Balaban J connectivity index is 3.04. The standard InChI is InChI=1S/C16H30O3/c1-14(2,3)8-12-9-19-11-16(12,13(17)18-7)10-15(4,5)6/h12H,8-11H2,1-7H3. The summed E-state index contributed by atoms with van der Waals surface area (Å²) in [6.45, 7) is 14.3. The first-order valence-corrected chi connectivity index (χ1v) is 7.16. The summed E-state index contributed by atoms with van der Waals surface area (Å²) in [7, 11) is 1.49. The number of rotatable bonds is 3. The van der Waals surface area contributed by atoms with Crippen LogP contribution >= 0.6 is 0 Å². The zero-order valence-corrected chi connectivity index (χ0v) is 13.6. The van der Waals surface area contributed by atoms with Gasteiger partial charge in [0.05, 0.1) is 25.7 Å². The van der Waals surface area contributed by atoms with Gasteiger partial charge in [0.25, 0.3) is 0 Å². The van der Waals surface area contributed by atoms with Crippen LogP contribution < -0.4 is 0 Å². The lowest BCUT2D eigenvalue weighted by Gasteiger charge is -2.38. The van der Waals surface area contributed by atoms with Crippen LogP contribution in [0.5, 0.6) is 0 Å². The fraction of sp³-hybridized carbons (Fsp3) is 0.938. The van der Waals surface area contributed by atoms with Gasteiger partial charge in [-0.2, -0.15) is 0 Å². The molecular weight excluding hydrogens is 240 g/mol. The fourth-order valence-electron chi connectivity index (χ4n) is 3.30. The van der Waals surface area contributed by atoms with Crippen molar-refractivity contribution in [3.05, 3.63) is 0 Å². The first-order chi connectivity index (χ1) is 8.50. The summed E-state index contributed by atoms with van der Waals surface area (Å²) in [5, 5.41) is 0. The molecule has 1 aliphatic heterocycles. The first-order valence-electron chi connectivity index (χ1n) is 7.16. The van der Waals surface area contributed by atoms with Gasteiger partial charge in [-0.3, -0.25) is 4.79 Å². The molecule has 3 heteroatoms. The SMILES string of the molecule is COC(=O)C1(CC(C)(C)C)COCC1CC(C)(C)C. The predicted octanol–water partition coefficient (Wildman–Crippen LogP) is 3.66. The Kier molecular flexibility index (Phi) is 4.71. The molecule has 1 fully saturated rings. The van der Waals surface area contributed by atoms with Gasteiger partial charge in [-0.15, -0.1) is 0 Å². The molecule has 0 aromatic rings. The van der Waals surface area contributed by atoms with E-state index in [9.17, 15) is 4.79 Å². The minimum absolute atomic E-state index is 0.0814. The van der Waals surface area contributed by atoms with Crippen LogP contribution in [0.25, 0.3) is 0 Å². The van der Waals surface area contributed by atoms with Gasteiger partial charge in [0.2, 0.25) is 0 Å². The average molecular weight is 270 g/mol. The van der Waals surface area contributed by atoms with Crippen LogP contribution in [-0.4, -0.2) is 26.3 Å². The van der Waals surface area contributed by atoms with Gasteiger partial charge in [-0.25, -0.2) is 0 Å².